The first-order valence-corrected chi connectivity index (χ1v) is 5.17. The summed E-state index contributed by atoms with van der Waals surface area (Å²) in [5.41, 5.74) is 2.18. The summed E-state index contributed by atoms with van der Waals surface area (Å²) in [6, 6.07) is 6.08. The van der Waals surface area contributed by atoms with E-state index in [1.54, 1.807) is 0 Å². The topological polar surface area (TPSA) is 17.1 Å². The van der Waals surface area contributed by atoms with Crippen molar-refractivity contribution in [2.45, 2.75) is 19.3 Å². The molecular formula is C10H9IO. The summed E-state index contributed by atoms with van der Waals surface area (Å²) in [4.78, 5) is 11.4. The normalized spacial score (nSPS) is 15.9. The van der Waals surface area contributed by atoms with Gasteiger partial charge in [-0.15, -0.1) is 0 Å². The molecule has 0 amide bonds. The van der Waals surface area contributed by atoms with Crippen LogP contribution in [0.1, 0.15) is 28.8 Å². The number of benzene rings is 1. The maximum absolute atomic E-state index is 11.4. The zero-order valence-electron chi connectivity index (χ0n) is 6.64. The minimum Gasteiger partial charge on any atom is -0.294 e. The van der Waals surface area contributed by atoms with Gasteiger partial charge in [0, 0.05) is 15.6 Å². The number of carbonyl (C=O) groups excluding carboxylic acids is 1. The molecule has 1 aliphatic rings. The van der Waals surface area contributed by atoms with E-state index in [4.69, 9.17) is 0 Å². The van der Waals surface area contributed by atoms with Gasteiger partial charge in [-0.3, -0.25) is 4.79 Å². The number of hydrogen-bond donors (Lipinski definition) is 0. The maximum atomic E-state index is 11.4. The molecule has 0 saturated carbocycles. The number of rotatable bonds is 0. The SMILES string of the molecule is O=C1CCCc2cc(I)ccc21. The third-order valence-electron chi connectivity index (χ3n) is 2.22. The van der Waals surface area contributed by atoms with Crippen LogP contribution in [0.15, 0.2) is 18.2 Å². The molecular weight excluding hydrogens is 263 g/mol. The van der Waals surface area contributed by atoms with Crippen LogP contribution in [0.25, 0.3) is 0 Å². The molecule has 12 heavy (non-hydrogen) atoms. The smallest absolute Gasteiger partial charge is 0.163 e. The molecule has 0 saturated heterocycles. The lowest BCUT2D eigenvalue weighted by Gasteiger charge is -2.13. The van der Waals surface area contributed by atoms with Crippen molar-refractivity contribution < 1.29 is 4.79 Å². The predicted octanol–water partition coefficient (Wildman–Crippen LogP) is 2.81. The standard InChI is InChI=1S/C10H9IO/c11-8-4-5-9-7(6-8)2-1-3-10(9)12/h4-6H,1-3H2. The first-order chi connectivity index (χ1) is 5.77. The number of hydrogen-bond acceptors (Lipinski definition) is 1. The predicted molar refractivity (Wildman–Crippen MR) is 56.4 cm³/mol. The molecule has 1 aliphatic carbocycles. The minimum atomic E-state index is 0.313. The zero-order valence-corrected chi connectivity index (χ0v) is 8.80. The van der Waals surface area contributed by atoms with Crippen molar-refractivity contribution in [1.29, 1.82) is 0 Å². The highest BCUT2D eigenvalue weighted by molar-refractivity contribution is 14.1. The third-order valence-corrected chi connectivity index (χ3v) is 2.89. The molecule has 0 radical (unpaired) electrons. The Balaban J connectivity index is 2.53. The molecule has 0 heterocycles. The van der Waals surface area contributed by atoms with Gasteiger partial charge >= 0.3 is 0 Å². The van der Waals surface area contributed by atoms with Gasteiger partial charge in [0.2, 0.25) is 0 Å². The molecule has 2 rings (SSSR count). The second-order valence-corrected chi connectivity index (χ2v) is 4.32. The van der Waals surface area contributed by atoms with Crippen LogP contribution in [0.4, 0.5) is 0 Å². The van der Waals surface area contributed by atoms with Crippen LogP contribution in [-0.2, 0) is 6.42 Å². The number of aryl methyl sites for hydroxylation is 1. The molecule has 0 spiro atoms. The largest absolute Gasteiger partial charge is 0.294 e. The Labute approximate surface area is 85.3 Å². The van der Waals surface area contributed by atoms with Crippen molar-refractivity contribution in [2.75, 3.05) is 0 Å². The molecule has 0 atom stereocenters. The number of halogens is 1. The van der Waals surface area contributed by atoms with Crippen LogP contribution in [0.5, 0.6) is 0 Å². The summed E-state index contributed by atoms with van der Waals surface area (Å²) in [6.07, 6.45) is 2.82. The Bertz CT molecular complexity index is 331. The average molecular weight is 272 g/mol. The molecule has 0 aliphatic heterocycles. The van der Waals surface area contributed by atoms with Crippen LogP contribution >= 0.6 is 22.6 Å². The van der Waals surface area contributed by atoms with E-state index in [0.29, 0.717) is 5.78 Å². The van der Waals surface area contributed by atoms with Crippen molar-refractivity contribution in [3.63, 3.8) is 0 Å². The van der Waals surface area contributed by atoms with Gasteiger partial charge in [-0.05, 0) is 53.1 Å². The van der Waals surface area contributed by atoms with Gasteiger partial charge in [-0.1, -0.05) is 6.07 Å². The van der Waals surface area contributed by atoms with E-state index < -0.39 is 0 Å². The Kier molecular flexibility index (Phi) is 2.17. The molecule has 1 aromatic rings. The van der Waals surface area contributed by atoms with Crippen LogP contribution in [0.2, 0.25) is 0 Å². The zero-order chi connectivity index (χ0) is 8.55. The molecule has 0 bridgehead atoms. The summed E-state index contributed by atoms with van der Waals surface area (Å²) in [5, 5.41) is 0. The van der Waals surface area contributed by atoms with Gasteiger partial charge in [0.1, 0.15) is 0 Å². The fourth-order valence-electron chi connectivity index (χ4n) is 1.62. The van der Waals surface area contributed by atoms with Gasteiger partial charge in [0.25, 0.3) is 0 Å². The Morgan fingerprint density at radius 2 is 2.08 bits per heavy atom. The van der Waals surface area contributed by atoms with Crippen LogP contribution in [0.3, 0.4) is 0 Å². The Morgan fingerprint density at radius 3 is 2.92 bits per heavy atom. The van der Waals surface area contributed by atoms with Crippen molar-refractivity contribution in [3.8, 4) is 0 Å². The third kappa shape index (κ3) is 1.40. The van der Waals surface area contributed by atoms with Crippen LogP contribution in [0, 0.1) is 3.57 Å². The molecule has 2 heteroatoms. The van der Waals surface area contributed by atoms with E-state index in [2.05, 4.69) is 28.7 Å². The molecule has 1 nitrogen and oxygen atoms in total. The highest BCUT2D eigenvalue weighted by Crippen LogP contribution is 2.22. The molecule has 0 fully saturated rings. The van der Waals surface area contributed by atoms with Crippen LogP contribution < -0.4 is 0 Å². The van der Waals surface area contributed by atoms with Gasteiger partial charge in [0.05, 0.1) is 0 Å². The first kappa shape index (κ1) is 8.23. The number of fused-ring (bicyclic) bond motifs is 1. The van der Waals surface area contributed by atoms with Crippen LogP contribution in [-0.4, -0.2) is 5.78 Å². The second kappa shape index (κ2) is 3.17. The van der Waals surface area contributed by atoms with Crippen molar-refractivity contribution in [1.82, 2.24) is 0 Å². The molecule has 0 N–H and O–H groups in total. The molecule has 62 valence electrons. The summed E-state index contributed by atoms with van der Waals surface area (Å²) in [5.74, 6) is 0.313. The van der Waals surface area contributed by atoms with Gasteiger partial charge in [0.15, 0.2) is 5.78 Å². The first-order valence-electron chi connectivity index (χ1n) is 4.09. The monoisotopic (exact) mass is 272 g/mol. The average Bonchev–Trinajstić information content (AvgIpc) is 2.04. The fraction of sp³-hybridized carbons (Fsp3) is 0.300. The van der Waals surface area contributed by atoms with E-state index in [1.807, 2.05) is 12.1 Å². The quantitative estimate of drug-likeness (QED) is 0.664. The lowest BCUT2D eigenvalue weighted by atomic mass is 9.91. The van der Waals surface area contributed by atoms with Gasteiger partial charge < -0.3 is 0 Å². The number of Topliss-reactive ketones (excluding diaryl/α,β-unsaturated/α-hetero) is 1. The summed E-state index contributed by atoms with van der Waals surface area (Å²) >= 11 is 2.28. The second-order valence-electron chi connectivity index (χ2n) is 3.08. The van der Waals surface area contributed by atoms with E-state index >= 15 is 0 Å². The lowest BCUT2D eigenvalue weighted by Crippen LogP contribution is -2.10. The van der Waals surface area contributed by atoms with Crippen molar-refractivity contribution >= 4 is 28.4 Å². The molecule has 1 aromatic carbocycles. The van der Waals surface area contributed by atoms with Gasteiger partial charge in [-0.25, -0.2) is 0 Å². The van der Waals surface area contributed by atoms with E-state index in [-0.39, 0.29) is 0 Å². The van der Waals surface area contributed by atoms with Gasteiger partial charge in [-0.2, -0.15) is 0 Å². The summed E-state index contributed by atoms with van der Waals surface area (Å²) in [6.45, 7) is 0. The van der Waals surface area contributed by atoms with E-state index in [1.165, 1.54) is 9.13 Å². The Morgan fingerprint density at radius 1 is 1.25 bits per heavy atom. The highest BCUT2D eigenvalue weighted by atomic mass is 127. The van der Waals surface area contributed by atoms with E-state index in [0.717, 1.165) is 24.8 Å². The minimum absolute atomic E-state index is 0.313. The molecule has 0 aromatic heterocycles. The maximum Gasteiger partial charge on any atom is 0.163 e. The number of ketones is 1. The highest BCUT2D eigenvalue weighted by Gasteiger charge is 2.16. The van der Waals surface area contributed by atoms with E-state index in [9.17, 15) is 4.79 Å². The lowest BCUT2D eigenvalue weighted by molar-refractivity contribution is 0.0972. The number of carbonyl (C=O) groups is 1. The van der Waals surface area contributed by atoms with Crippen molar-refractivity contribution in [3.05, 3.63) is 32.9 Å². The molecule has 0 unspecified atom stereocenters. The fourth-order valence-corrected chi connectivity index (χ4v) is 2.17. The Hall–Kier alpha value is -0.380. The van der Waals surface area contributed by atoms with Crippen molar-refractivity contribution in [2.24, 2.45) is 0 Å². The summed E-state index contributed by atoms with van der Waals surface area (Å²) < 4.78 is 1.22. The summed E-state index contributed by atoms with van der Waals surface area (Å²) in [7, 11) is 0.